The number of anilines is 2. The predicted octanol–water partition coefficient (Wildman–Crippen LogP) is 2.86. The number of nitrogens with zero attached hydrogens (tertiary/aromatic N) is 2. The van der Waals surface area contributed by atoms with Crippen LogP contribution in [0.25, 0.3) is 11.1 Å². The molecule has 4 nitrogen and oxygen atoms in total. The number of nitrogens with two attached hydrogens (primary N) is 2. The first-order chi connectivity index (χ1) is 8.11. The first kappa shape index (κ1) is 12.1. The van der Waals surface area contributed by atoms with Crippen LogP contribution in [0.4, 0.5) is 11.8 Å². The number of rotatable bonds is 2. The van der Waals surface area contributed by atoms with Gasteiger partial charge in [0.25, 0.3) is 0 Å². The van der Waals surface area contributed by atoms with Gasteiger partial charge in [0.1, 0.15) is 5.82 Å². The van der Waals surface area contributed by atoms with Gasteiger partial charge in [0.15, 0.2) is 0 Å². The fraction of sp³-hybridized carbons (Fsp3) is 0.0909. The van der Waals surface area contributed by atoms with Gasteiger partial charge in [-0.1, -0.05) is 39.7 Å². The third-order valence-corrected chi connectivity index (χ3v) is 3.07. The van der Waals surface area contributed by atoms with Crippen LogP contribution < -0.4 is 11.5 Å². The standard InChI is InChI=1S/C11H10BrClN4/c12-5-8-9(10(14)17-11(15)16-8)6-1-3-7(13)4-2-6/h1-4H,5H2,(H4,14,15,16,17). The number of benzene rings is 1. The zero-order chi connectivity index (χ0) is 12.4. The second-order valence-corrected chi connectivity index (χ2v) is 4.43. The molecular formula is C11H10BrClN4. The predicted molar refractivity (Wildman–Crippen MR) is 73.9 cm³/mol. The zero-order valence-electron chi connectivity index (χ0n) is 8.82. The number of nitrogen functional groups attached to an aromatic ring is 2. The minimum absolute atomic E-state index is 0.176. The molecule has 17 heavy (non-hydrogen) atoms. The third-order valence-electron chi connectivity index (χ3n) is 2.29. The van der Waals surface area contributed by atoms with E-state index < -0.39 is 0 Å². The molecule has 1 heterocycles. The Morgan fingerprint density at radius 1 is 1.12 bits per heavy atom. The fourth-order valence-corrected chi connectivity index (χ4v) is 2.11. The maximum atomic E-state index is 5.88. The Morgan fingerprint density at radius 3 is 2.35 bits per heavy atom. The highest BCUT2D eigenvalue weighted by Gasteiger charge is 2.12. The molecule has 4 N–H and O–H groups in total. The molecule has 0 amide bonds. The molecule has 0 fully saturated rings. The monoisotopic (exact) mass is 312 g/mol. The Kier molecular flexibility index (Phi) is 3.49. The Labute approximate surface area is 112 Å². The summed E-state index contributed by atoms with van der Waals surface area (Å²) in [5, 5.41) is 1.23. The maximum Gasteiger partial charge on any atom is 0.222 e. The summed E-state index contributed by atoms with van der Waals surface area (Å²) in [7, 11) is 0. The van der Waals surface area contributed by atoms with Crippen LogP contribution in [0.15, 0.2) is 24.3 Å². The highest BCUT2D eigenvalue weighted by atomic mass is 79.9. The van der Waals surface area contributed by atoms with Gasteiger partial charge in [-0.15, -0.1) is 0 Å². The minimum atomic E-state index is 0.176. The Bertz CT molecular complexity index is 542. The van der Waals surface area contributed by atoms with Crippen molar-refractivity contribution < 1.29 is 0 Å². The maximum absolute atomic E-state index is 5.88. The average molecular weight is 314 g/mol. The molecule has 0 aliphatic carbocycles. The molecule has 0 saturated carbocycles. The van der Waals surface area contributed by atoms with Gasteiger partial charge in [-0.05, 0) is 17.7 Å². The van der Waals surface area contributed by atoms with Gasteiger partial charge in [0.2, 0.25) is 5.95 Å². The number of aromatic nitrogens is 2. The van der Waals surface area contributed by atoms with E-state index in [0.717, 1.165) is 16.8 Å². The van der Waals surface area contributed by atoms with Crippen molar-refractivity contribution in [3.8, 4) is 11.1 Å². The lowest BCUT2D eigenvalue weighted by atomic mass is 10.1. The lowest BCUT2D eigenvalue weighted by Gasteiger charge is -2.10. The second-order valence-electron chi connectivity index (χ2n) is 3.43. The van der Waals surface area contributed by atoms with Crippen molar-refractivity contribution in [2.45, 2.75) is 5.33 Å². The van der Waals surface area contributed by atoms with E-state index in [0.29, 0.717) is 16.2 Å². The van der Waals surface area contributed by atoms with Gasteiger partial charge in [-0.3, -0.25) is 0 Å². The van der Waals surface area contributed by atoms with E-state index in [9.17, 15) is 0 Å². The quantitative estimate of drug-likeness (QED) is 0.836. The molecule has 0 saturated heterocycles. The molecule has 0 unspecified atom stereocenters. The summed E-state index contributed by atoms with van der Waals surface area (Å²) in [6, 6.07) is 7.34. The lowest BCUT2D eigenvalue weighted by Crippen LogP contribution is -2.05. The molecular weight excluding hydrogens is 304 g/mol. The van der Waals surface area contributed by atoms with Crippen molar-refractivity contribution in [3.05, 3.63) is 35.0 Å². The molecule has 2 rings (SSSR count). The van der Waals surface area contributed by atoms with Crippen molar-refractivity contribution in [1.29, 1.82) is 0 Å². The van der Waals surface area contributed by atoms with Gasteiger partial charge in [-0.25, -0.2) is 4.98 Å². The van der Waals surface area contributed by atoms with Crippen molar-refractivity contribution in [2.75, 3.05) is 11.5 Å². The van der Waals surface area contributed by atoms with Gasteiger partial charge in [-0.2, -0.15) is 4.98 Å². The SMILES string of the molecule is Nc1nc(N)c(-c2ccc(Cl)cc2)c(CBr)n1. The van der Waals surface area contributed by atoms with Crippen molar-refractivity contribution in [3.63, 3.8) is 0 Å². The van der Waals surface area contributed by atoms with Crippen molar-refractivity contribution >= 4 is 39.3 Å². The van der Waals surface area contributed by atoms with E-state index in [2.05, 4.69) is 25.9 Å². The lowest BCUT2D eigenvalue weighted by molar-refractivity contribution is 1.12. The van der Waals surface area contributed by atoms with E-state index in [1.54, 1.807) is 12.1 Å². The number of alkyl halides is 1. The average Bonchev–Trinajstić information content (AvgIpc) is 2.30. The fourth-order valence-electron chi connectivity index (χ4n) is 1.57. The molecule has 88 valence electrons. The number of hydrogen-bond acceptors (Lipinski definition) is 4. The van der Waals surface area contributed by atoms with Crippen LogP contribution in [0.2, 0.25) is 5.02 Å². The van der Waals surface area contributed by atoms with Gasteiger partial charge < -0.3 is 11.5 Å². The summed E-state index contributed by atoms with van der Waals surface area (Å²) in [5.41, 5.74) is 13.9. The van der Waals surface area contributed by atoms with Crippen LogP contribution in [0, 0.1) is 0 Å². The molecule has 1 aromatic carbocycles. The summed E-state index contributed by atoms with van der Waals surface area (Å²) in [5.74, 6) is 0.545. The smallest absolute Gasteiger partial charge is 0.222 e. The van der Waals surface area contributed by atoms with Crippen LogP contribution in [0.3, 0.4) is 0 Å². The normalized spacial score (nSPS) is 10.5. The van der Waals surface area contributed by atoms with E-state index in [1.807, 2.05) is 12.1 Å². The largest absolute Gasteiger partial charge is 0.383 e. The number of halogens is 2. The molecule has 0 spiro atoms. The first-order valence-corrected chi connectivity index (χ1v) is 6.35. The molecule has 6 heteroatoms. The summed E-state index contributed by atoms with van der Waals surface area (Å²) in [4.78, 5) is 8.13. The van der Waals surface area contributed by atoms with Crippen LogP contribution in [0.5, 0.6) is 0 Å². The minimum Gasteiger partial charge on any atom is -0.383 e. The van der Waals surface area contributed by atoms with Crippen LogP contribution in [-0.4, -0.2) is 9.97 Å². The van der Waals surface area contributed by atoms with Crippen molar-refractivity contribution in [1.82, 2.24) is 9.97 Å². The topological polar surface area (TPSA) is 77.8 Å². The summed E-state index contributed by atoms with van der Waals surface area (Å²) in [6.45, 7) is 0. The summed E-state index contributed by atoms with van der Waals surface area (Å²) >= 11 is 9.21. The molecule has 0 radical (unpaired) electrons. The Balaban J connectivity index is 2.61. The van der Waals surface area contributed by atoms with Crippen molar-refractivity contribution in [2.24, 2.45) is 0 Å². The second kappa shape index (κ2) is 4.89. The summed E-state index contributed by atoms with van der Waals surface area (Å²) < 4.78 is 0. The first-order valence-electron chi connectivity index (χ1n) is 4.85. The Hall–Kier alpha value is -1.33. The molecule has 1 aromatic heterocycles. The van der Waals surface area contributed by atoms with E-state index in [4.69, 9.17) is 23.1 Å². The molecule has 2 aromatic rings. The van der Waals surface area contributed by atoms with Gasteiger partial charge in [0, 0.05) is 15.9 Å². The molecule has 0 bridgehead atoms. The van der Waals surface area contributed by atoms with Crippen LogP contribution in [-0.2, 0) is 5.33 Å². The molecule has 0 atom stereocenters. The number of hydrogen-bond donors (Lipinski definition) is 2. The summed E-state index contributed by atoms with van der Waals surface area (Å²) in [6.07, 6.45) is 0. The molecule has 0 aliphatic rings. The van der Waals surface area contributed by atoms with E-state index in [1.165, 1.54) is 0 Å². The zero-order valence-corrected chi connectivity index (χ0v) is 11.2. The molecule has 0 aliphatic heterocycles. The highest BCUT2D eigenvalue weighted by Crippen LogP contribution is 2.30. The third kappa shape index (κ3) is 2.50. The van der Waals surface area contributed by atoms with Crippen LogP contribution in [0.1, 0.15) is 5.69 Å². The van der Waals surface area contributed by atoms with Gasteiger partial charge >= 0.3 is 0 Å². The van der Waals surface area contributed by atoms with E-state index in [-0.39, 0.29) is 5.95 Å². The van der Waals surface area contributed by atoms with Gasteiger partial charge in [0.05, 0.1) is 5.69 Å². The highest BCUT2D eigenvalue weighted by molar-refractivity contribution is 9.08. The van der Waals surface area contributed by atoms with Crippen LogP contribution >= 0.6 is 27.5 Å². The Morgan fingerprint density at radius 2 is 1.76 bits per heavy atom. The van der Waals surface area contributed by atoms with E-state index >= 15 is 0 Å².